The number of carbonyl (C=O) groups is 1. The molecule has 0 spiro atoms. The highest BCUT2D eigenvalue weighted by atomic mass is 35.5. The lowest BCUT2D eigenvalue weighted by Gasteiger charge is -2.05. The second-order valence-electron chi connectivity index (χ2n) is 4.10. The van der Waals surface area contributed by atoms with Gasteiger partial charge in [-0.1, -0.05) is 11.6 Å². The second kappa shape index (κ2) is 7.11. The van der Waals surface area contributed by atoms with E-state index in [9.17, 15) is 9.18 Å². The molecule has 0 bridgehead atoms. The van der Waals surface area contributed by atoms with Gasteiger partial charge in [-0.25, -0.2) is 4.39 Å². The van der Waals surface area contributed by atoms with Crippen LogP contribution in [0.3, 0.4) is 0 Å². The van der Waals surface area contributed by atoms with Crippen molar-refractivity contribution in [3.8, 4) is 6.07 Å². The van der Waals surface area contributed by atoms with Gasteiger partial charge < -0.3 is 5.32 Å². The zero-order chi connectivity index (χ0) is 15.2. The quantitative estimate of drug-likeness (QED) is 0.863. The number of rotatable bonds is 4. The van der Waals surface area contributed by atoms with Crippen molar-refractivity contribution < 1.29 is 9.18 Å². The van der Waals surface area contributed by atoms with Crippen molar-refractivity contribution >= 4 is 35.0 Å². The fraction of sp³-hybridized carbons (Fsp3) is 0.0667. The Kier molecular flexibility index (Phi) is 5.20. The largest absolute Gasteiger partial charge is 0.325 e. The van der Waals surface area contributed by atoms with E-state index in [1.807, 2.05) is 6.07 Å². The predicted molar refractivity (Wildman–Crippen MR) is 81.9 cm³/mol. The van der Waals surface area contributed by atoms with Gasteiger partial charge in [-0.15, -0.1) is 11.8 Å². The molecule has 2 aromatic carbocycles. The van der Waals surface area contributed by atoms with E-state index in [1.165, 1.54) is 23.9 Å². The molecule has 0 saturated heterocycles. The van der Waals surface area contributed by atoms with Crippen LogP contribution in [0.2, 0.25) is 5.02 Å². The SMILES string of the molecule is N#Cc1ccc(NC(=O)CSc2ccc(F)c(Cl)c2)cc1. The van der Waals surface area contributed by atoms with Crippen LogP contribution in [-0.4, -0.2) is 11.7 Å². The predicted octanol–water partition coefficient (Wildman–Crippen LogP) is 4.08. The maximum Gasteiger partial charge on any atom is 0.234 e. The van der Waals surface area contributed by atoms with E-state index in [4.69, 9.17) is 16.9 Å². The molecule has 1 amide bonds. The highest BCUT2D eigenvalue weighted by Crippen LogP contribution is 2.24. The summed E-state index contributed by atoms with van der Waals surface area (Å²) in [5.41, 5.74) is 1.15. The van der Waals surface area contributed by atoms with Crippen molar-refractivity contribution in [3.05, 3.63) is 58.9 Å². The summed E-state index contributed by atoms with van der Waals surface area (Å²) in [5.74, 6) is -0.490. The summed E-state index contributed by atoms with van der Waals surface area (Å²) in [7, 11) is 0. The zero-order valence-corrected chi connectivity index (χ0v) is 12.3. The van der Waals surface area contributed by atoms with Gasteiger partial charge in [-0.2, -0.15) is 5.26 Å². The molecule has 0 heterocycles. The van der Waals surface area contributed by atoms with Gasteiger partial charge in [-0.3, -0.25) is 4.79 Å². The molecule has 0 aliphatic rings. The van der Waals surface area contributed by atoms with E-state index in [-0.39, 0.29) is 16.7 Å². The Bertz CT molecular complexity index is 698. The van der Waals surface area contributed by atoms with Crippen molar-refractivity contribution in [2.45, 2.75) is 4.90 Å². The van der Waals surface area contributed by atoms with Gasteiger partial charge in [0, 0.05) is 10.6 Å². The molecule has 21 heavy (non-hydrogen) atoms. The standard InChI is InChI=1S/C15H10ClFN2OS/c16-13-7-12(5-6-14(13)17)21-9-15(20)19-11-3-1-10(8-18)2-4-11/h1-7H,9H2,(H,19,20). The molecule has 6 heteroatoms. The number of hydrogen-bond acceptors (Lipinski definition) is 3. The van der Waals surface area contributed by atoms with Crippen molar-refractivity contribution in [1.82, 2.24) is 0 Å². The van der Waals surface area contributed by atoms with Crippen molar-refractivity contribution in [1.29, 1.82) is 5.26 Å². The molecule has 0 saturated carbocycles. The molecule has 0 unspecified atom stereocenters. The van der Waals surface area contributed by atoms with Crippen LogP contribution in [0.4, 0.5) is 10.1 Å². The monoisotopic (exact) mass is 320 g/mol. The minimum Gasteiger partial charge on any atom is -0.325 e. The first kappa shape index (κ1) is 15.4. The lowest BCUT2D eigenvalue weighted by Crippen LogP contribution is -2.13. The molecule has 0 atom stereocenters. The molecule has 106 valence electrons. The van der Waals surface area contributed by atoms with E-state index in [0.717, 1.165) is 4.90 Å². The van der Waals surface area contributed by atoms with Crippen LogP contribution < -0.4 is 5.32 Å². The summed E-state index contributed by atoms with van der Waals surface area (Å²) in [5, 5.41) is 11.4. The molecule has 1 N–H and O–H groups in total. The summed E-state index contributed by atoms with van der Waals surface area (Å²) in [6.07, 6.45) is 0. The zero-order valence-electron chi connectivity index (χ0n) is 10.8. The number of hydrogen-bond donors (Lipinski definition) is 1. The number of amides is 1. The van der Waals surface area contributed by atoms with Crippen molar-refractivity contribution in [2.75, 3.05) is 11.1 Å². The molecule has 2 rings (SSSR count). The van der Waals surface area contributed by atoms with E-state index in [1.54, 1.807) is 30.3 Å². The van der Waals surface area contributed by atoms with Gasteiger partial charge in [0.25, 0.3) is 0 Å². The van der Waals surface area contributed by atoms with Crippen LogP contribution in [0.1, 0.15) is 5.56 Å². The molecule has 0 fully saturated rings. The van der Waals surface area contributed by atoms with Crippen LogP contribution >= 0.6 is 23.4 Å². The Morgan fingerprint density at radius 1 is 1.29 bits per heavy atom. The van der Waals surface area contributed by atoms with Gasteiger partial charge in [0.1, 0.15) is 5.82 Å². The summed E-state index contributed by atoms with van der Waals surface area (Å²) >= 11 is 6.94. The van der Waals surface area contributed by atoms with Crippen LogP contribution in [-0.2, 0) is 4.79 Å². The third-order valence-corrected chi connectivity index (χ3v) is 3.84. The van der Waals surface area contributed by atoms with Crippen LogP contribution in [0.5, 0.6) is 0 Å². The number of nitrogens with zero attached hydrogens (tertiary/aromatic N) is 1. The highest BCUT2D eigenvalue weighted by Gasteiger charge is 2.06. The first-order valence-corrected chi connectivity index (χ1v) is 7.33. The smallest absolute Gasteiger partial charge is 0.234 e. The first-order valence-electron chi connectivity index (χ1n) is 5.96. The Hall–Kier alpha value is -2.03. The van der Waals surface area contributed by atoms with Gasteiger partial charge in [0.15, 0.2) is 0 Å². The minimum absolute atomic E-state index is 0.0347. The third-order valence-electron chi connectivity index (χ3n) is 2.56. The Labute approximate surface area is 130 Å². The summed E-state index contributed by atoms with van der Waals surface area (Å²) in [4.78, 5) is 12.5. The molecule has 0 aliphatic carbocycles. The minimum atomic E-state index is -0.483. The van der Waals surface area contributed by atoms with E-state index < -0.39 is 5.82 Å². The molecule has 3 nitrogen and oxygen atoms in total. The van der Waals surface area contributed by atoms with Crippen molar-refractivity contribution in [3.63, 3.8) is 0 Å². The third kappa shape index (κ3) is 4.48. The lowest BCUT2D eigenvalue weighted by atomic mass is 10.2. The average Bonchev–Trinajstić information content (AvgIpc) is 2.49. The first-order chi connectivity index (χ1) is 10.1. The van der Waals surface area contributed by atoms with E-state index in [0.29, 0.717) is 11.3 Å². The van der Waals surface area contributed by atoms with Crippen LogP contribution in [0.15, 0.2) is 47.4 Å². The Morgan fingerprint density at radius 3 is 2.62 bits per heavy atom. The maximum absolute atomic E-state index is 13.0. The van der Waals surface area contributed by atoms with Gasteiger partial charge in [0.05, 0.1) is 22.4 Å². The average molecular weight is 321 g/mol. The van der Waals surface area contributed by atoms with Crippen LogP contribution in [0.25, 0.3) is 0 Å². The maximum atomic E-state index is 13.0. The van der Waals surface area contributed by atoms with Crippen molar-refractivity contribution in [2.24, 2.45) is 0 Å². The topological polar surface area (TPSA) is 52.9 Å². The molecular formula is C15H10ClFN2OS. The van der Waals surface area contributed by atoms with Gasteiger partial charge in [0.2, 0.25) is 5.91 Å². The number of halogens is 2. The summed E-state index contributed by atoms with van der Waals surface area (Å²) < 4.78 is 13.0. The van der Waals surface area contributed by atoms with Gasteiger partial charge in [-0.05, 0) is 42.5 Å². The van der Waals surface area contributed by atoms with Gasteiger partial charge >= 0.3 is 0 Å². The fourth-order valence-corrected chi connectivity index (χ4v) is 2.52. The molecule has 0 aliphatic heterocycles. The number of benzene rings is 2. The number of nitrogens with one attached hydrogen (secondary N) is 1. The number of carbonyl (C=O) groups excluding carboxylic acids is 1. The highest BCUT2D eigenvalue weighted by molar-refractivity contribution is 8.00. The second-order valence-corrected chi connectivity index (χ2v) is 5.56. The Balaban J connectivity index is 1.89. The molecule has 0 radical (unpaired) electrons. The number of nitriles is 1. The summed E-state index contributed by atoms with van der Waals surface area (Å²) in [6, 6.07) is 12.9. The molecular weight excluding hydrogens is 311 g/mol. The normalized spacial score (nSPS) is 9.95. The molecule has 2 aromatic rings. The van der Waals surface area contributed by atoms with Crippen LogP contribution in [0, 0.1) is 17.1 Å². The Morgan fingerprint density at radius 2 is 2.00 bits per heavy atom. The van der Waals surface area contributed by atoms with E-state index in [2.05, 4.69) is 5.32 Å². The van der Waals surface area contributed by atoms with E-state index >= 15 is 0 Å². The number of thioether (sulfide) groups is 1. The molecule has 0 aromatic heterocycles. The lowest BCUT2D eigenvalue weighted by molar-refractivity contribution is -0.113. The summed E-state index contributed by atoms with van der Waals surface area (Å²) in [6.45, 7) is 0. The number of anilines is 1. The fourth-order valence-electron chi connectivity index (χ4n) is 1.54.